The third-order valence-corrected chi connectivity index (χ3v) is 4.14. The monoisotopic (exact) mass is 227 g/mol. The molecule has 0 bridgehead atoms. The molecule has 1 saturated carbocycles. The van der Waals surface area contributed by atoms with Gasteiger partial charge in [0, 0.05) is 36.6 Å². The van der Waals surface area contributed by atoms with E-state index in [1.54, 1.807) is 0 Å². The lowest BCUT2D eigenvalue weighted by Gasteiger charge is -2.55. The Kier molecular flexibility index (Phi) is 3.57. The third kappa shape index (κ3) is 2.01. The van der Waals surface area contributed by atoms with E-state index in [1.807, 2.05) is 6.92 Å². The molecule has 94 valence electrons. The fourth-order valence-corrected chi connectivity index (χ4v) is 3.31. The predicted octanol–water partition coefficient (Wildman–Crippen LogP) is 1.81. The number of ether oxygens (including phenoxy) is 2. The van der Waals surface area contributed by atoms with Crippen molar-refractivity contribution < 1.29 is 9.47 Å². The summed E-state index contributed by atoms with van der Waals surface area (Å²) in [6.07, 6.45) is 1.69. The molecule has 3 nitrogen and oxygen atoms in total. The van der Waals surface area contributed by atoms with Gasteiger partial charge in [-0.05, 0) is 20.3 Å². The Bertz CT molecular complexity index is 242. The van der Waals surface area contributed by atoms with E-state index < -0.39 is 0 Å². The van der Waals surface area contributed by atoms with Crippen LogP contribution in [0.5, 0.6) is 0 Å². The summed E-state index contributed by atoms with van der Waals surface area (Å²) in [7, 11) is 0. The highest BCUT2D eigenvalue weighted by Crippen LogP contribution is 2.52. The average Bonchev–Trinajstić information content (AvgIpc) is 2.69. The zero-order chi connectivity index (χ0) is 11.8. The van der Waals surface area contributed by atoms with Crippen molar-refractivity contribution in [3.8, 4) is 0 Å². The minimum atomic E-state index is 0.279. The smallest absolute Gasteiger partial charge is 0.0685 e. The van der Waals surface area contributed by atoms with E-state index in [1.165, 1.54) is 6.42 Å². The molecule has 0 aromatic rings. The van der Waals surface area contributed by atoms with Crippen LogP contribution in [-0.2, 0) is 9.47 Å². The third-order valence-electron chi connectivity index (χ3n) is 4.14. The molecule has 0 spiro atoms. The highest BCUT2D eigenvalue weighted by atomic mass is 16.5. The molecule has 0 amide bonds. The van der Waals surface area contributed by atoms with Crippen molar-refractivity contribution in [3.63, 3.8) is 0 Å². The second-order valence-corrected chi connectivity index (χ2v) is 5.77. The van der Waals surface area contributed by atoms with E-state index in [2.05, 4.69) is 26.1 Å². The topological polar surface area (TPSA) is 30.5 Å². The van der Waals surface area contributed by atoms with Crippen molar-refractivity contribution in [2.75, 3.05) is 19.8 Å². The molecule has 1 heterocycles. The number of hydrogen-bond acceptors (Lipinski definition) is 3. The zero-order valence-corrected chi connectivity index (χ0v) is 11.0. The number of rotatable bonds is 5. The normalized spacial score (nSPS) is 37.9. The Labute approximate surface area is 98.9 Å². The van der Waals surface area contributed by atoms with Gasteiger partial charge in [-0.3, -0.25) is 0 Å². The van der Waals surface area contributed by atoms with Crippen molar-refractivity contribution in [3.05, 3.63) is 0 Å². The maximum absolute atomic E-state index is 5.79. The first-order chi connectivity index (χ1) is 7.57. The van der Waals surface area contributed by atoms with Crippen LogP contribution in [0.2, 0.25) is 0 Å². The van der Waals surface area contributed by atoms with E-state index in [0.717, 1.165) is 25.7 Å². The molecule has 0 aromatic carbocycles. The first-order valence-electron chi connectivity index (χ1n) is 6.52. The SMILES string of the molecule is CCOCC(C)NC1C2CCOC2C1(C)C. The summed E-state index contributed by atoms with van der Waals surface area (Å²) >= 11 is 0. The Morgan fingerprint density at radius 1 is 1.50 bits per heavy atom. The van der Waals surface area contributed by atoms with Crippen LogP contribution in [0.25, 0.3) is 0 Å². The summed E-state index contributed by atoms with van der Waals surface area (Å²) in [6.45, 7) is 11.4. The van der Waals surface area contributed by atoms with E-state index in [9.17, 15) is 0 Å². The fraction of sp³-hybridized carbons (Fsp3) is 1.00. The largest absolute Gasteiger partial charge is 0.380 e. The molecule has 1 N–H and O–H groups in total. The van der Waals surface area contributed by atoms with Crippen molar-refractivity contribution >= 4 is 0 Å². The molecule has 4 atom stereocenters. The number of nitrogens with one attached hydrogen (secondary N) is 1. The molecule has 4 unspecified atom stereocenters. The zero-order valence-electron chi connectivity index (χ0n) is 11.0. The molecule has 2 aliphatic rings. The van der Waals surface area contributed by atoms with Crippen LogP contribution in [0.3, 0.4) is 0 Å². The van der Waals surface area contributed by atoms with Crippen molar-refractivity contribution in [1.82, 2.24) is 5.32 Å². The molecule has 2 rings (SSSR count). The molecule has 3 heteroatoms. The first kappa shape index (κ1) is 12.3. The number of fused-ring (bicyclic) bond motifs is 1. The van der Waals surface area contributed by atoms with E-state index in [-0.39, 0.29) is 5.41 Å². The molecule has 2 fully saturated rings. The fourth-order valence-electron chi connectivity index (χ4n) is 3.31. The summed E-state index contributed by atoms with van der Waals surface area (Å²) in [6, 6.07) is 1.03. The van der Waals surface area contributed by atoms with Gasteiger partial charge in [-0.25, -0.2) is 0 Å². The maximum Gasteiger partial charge on any atom is 0.0685 e. The summed E-state index contributed by atoms with van der Waals surface area (Å²) in [5, 5.41) is 3.71. The first-order valence-corrected chi connectivity index (χ1v) is 6.52. The molecule has 0 radical (unpaired) electrons. The van der Waals surface area contributed by atoms with Gasteiger partial charge < -0.3 is 14.8 Å². The summed E-state index contributed by atoms with van der Waals surface area (Å²) < 4.78 is 11.2. The molecular weight excluding hydrogens is 202 g/mol. The lowest BCUT2D eigenvalue weighted by atomic mass is 9.57. The van der Waals surface area contributed by atoms with Crippen LogP contribution in [0.1, 0.15) is 34.1 Å². The molecule has 0 aromatic heterocycles. The lowest BCUT2D eigenvalue weighted by molar-refractivity contribution is -0.116. The minimum Gasteiger partial charge on any atom is -0.380 e. The summed E-state index contributed by atoms with van der Waals surface area (Å²) in [4.78, 5) is 0. The van der Waals surface area contributed by atoms with Crippen LogP contribution >= 0.6 is 0 Å². The highest BCUT2D eigenvalue weighted by Gasteiger charge is 2.59. The Balaban J connectivity index is 1.85. The standard InChI is InChI=1S/C13H25NO2/c1-5-15-8-9(2)14-11-10-6-7-16-12(10)13(11,3)4/h9-12,14H,5-8H2,1-4H3. The minimum absolute atomic E-state index is 0.279. The van der Waals surface area contributed by atoms with E-state index in [4.69, 9.17) is 9.47 Å². The quantitative estimate of drug-likeness (QED) is 0.777. The predicted molar refractivity (Wildman–Crippen MR) is 64.5 cm³/mol. The van der Waals surface area contributed by atoms with Crippen LogP contribution in [0.15, 0.2) is 0 Å². The second kappa shape index (κ2) is 4.63. The van der Waals surface area contributed by atoms with Crippen LogP contribution in [0, 0.1) is 11.3 Å². The van der Waals surface area contributed by atoms with Gasteiger partial charge in [0.25, 0.3) is 0 Å². The van der Waals surface area contributed by atoms with Crippen molar-refractivity contribution in [2.45, 2.75) is 52.3 Å². The molecule has 16 heavy (non-hydrogen) atoms. The molecule has 1 aliphatic heterocycles. The molecule has 1 saturated heterocycles. The van der Waals surface area contributed by atoms with Crippen LogP contribution in [-0.4, -0.2) is 38.0 Å². The van der Waals surface area contributed by atoms with Gasteiger partial charge in [0.15, 0.2) is 0 Å². The van der Waals surface area contributed by atoms with Crippen molar-refractivity contribution in [1.29, 1.82) is 0 Å². The summed E-state index contributed by atoms with van der Waals surface area (Å²) in [5.41, 5.74) is 0.279. The van der Waals surface area contributed by atoms with Gasteiger partial charge in [0.1, 0.15) is 0 Å². The van der Waals surface area contributed by atoms with E-state index in [0.29, 0.717) is 18.2 Å². The van der Waals surface area contributed by atoms with Gasteiger partial charge in [-0.2, -0.15) is 0 Å². The Hall–Kier alpha value is -0.120. The van der Waals surface area contributed by atoms with Gasteiger partial charge in [0.05, 0.1) is 12.7 Å². The molecular formula is C13H25NO2. The Morgan fingerprint density at radius 2 is 2.25 bits per heavy atom. The summed E-state index contributed by atoms with van der Waals surface area (Å²) in [5.74, 6) is 0.721. The second-order valence-electron chi connectivity index (χ2n) is 5.77. The Morgan fingerprint density at radius 3 is 2.94 bits per heavy atom. The lowest BCUT2D eigenvalue weighted by Crippen LogP contribution is -2.67. The van der Waals surface area contributed by atoms with E-state index >= 15 is 0 Å². The van der Waals surface area contributed by atoms with Gasteiger partial charge in [-0.15, -0.1) is 0 Å². The molecule has 1 aliphatic carbocycles. The van der Waals surface area contributed by atoms with Crippen LogP contribution in [0.4, 0.5) is 0 Å². The van der Waals surface area contributed by atoms with Crippen LogP contribution < -0.4 is 5.32 Å². The van der Waals surface area contributed by atoms with Gasteiger partial charge in [0.2, 0.25) is 0 Å². The average molecular weight is 227 g/mol. The van der Waals surface area contributed by atoms with Crippen molar-refractivity contribution in [2.24, 2.45) is 11.3 Å². The number of hydrogen-bond donors (Lipinski definition) is 1. The maximum atomic E-state index is 5.79. The van der Waals surface area contributed by atoms with Gasteiger partial charge in [-0.1, -0.05) is 13.8 Å². The highest BCUT2D eigenvalue weighted by molar-refractivity contribution is 5.11. The van der Waals surface area contributed by atoms with Gasteiger partial charge >= 0.3 is 0 Å².